The molecule has 0 amide bonds. The van der Waals surface area contributed by atoms with Crippen LogP contribution in [0.3, 0.4) is 0 Å². The van der Waals surface area contributed by atoms with E-state index >= 15 is 0 Å². The third-order valence-corrected chi connectivity index (χ3v) is 11.6. The minimum Gasteiger partial charge on any atom is -0.293 e. The van der Waals surface area contributed by atoms with Crippen molar-refractivity contribution >= 4 is 55.1 Å². The van der Waals surface area contributed by atoms with Crippen LogP contribution in [0.15, 0.2) is 188 Å². The summed E-state index contributed by atoms with van der Waals surface area (Å²) in [5.41, 5.74) is 14.5. The van der Waals surface area contributed by atoms with Gasteiger partial charge in [0.1, 0.15) is 5.82 Å². The van der Waals surface area contributed by atoms with E-state index in [1.807, 2.05) is 0 Å². The lowest BCUT2D eigenvalue weighted by Crippen LogP contribution is -2.00. The van der Waals surface area contributed by atoms with E-state index in [0.717, 1.165) is 41.7 Å². The molecule has 0 saturated heterocycles. The van der Waals surface area contributed by atoms with Crippen molar-refractivity contribution in [3.05, 3.63) is 199 Å². The molecule has 0 saturated carbocycles. The fourth-order valence-corrected chi connectivity index (χ4v) is 8.92. The molecule has 8 aromatic carbocycles. The molecule has 1 aromatic heterocycles. The molecular weight excluding hydrogens is 677 g/mol. The van der Waals surface area contributed by atoms with Crippen LogP contribution >= 0.6 is 0 Å². The number of hydrogen-bond acceptors (Lipinski definition) is 1. The fourth-order valence-electron chi connectivity index (χ4n) is 8.92. The second-order valence-corrected chi connectivity index (χ2v) is 15.0. The number of fused-ring (bicyclic) bond motifs is 5. The highest BCUT2D eigenvalue weighted by Gasteiger charge is 2.20. The second-order valence-electron chi connectivity index (χ2n) is 15.0. The standard InChI is InChI=1S/C54H38N2/c1-3-13-36-25-29-43(33-40(36)15-4-1)52-46-19-9-10-20-47(46)53(44-30-26-37-14-7-8-16-41(37)34-44)49-35-42(31-32-48(49)52)38-23-27-39(28-24-38)54-55-50-21-11-12-22-51(50)56(54)45-17-5-2-6-18-45/h1,3-5,7-14,16-35H,2,6,15H2. The molecule has 0 atom stereocenters. The van der Waals surface area contributed by atoms with Crippen LogP contribution in [0.2, 0.25) is 0 Å². The van der Waals surface area contributed by atoms with Crippen LogP contribution in [0, 0.1) is 0 Å². The zero-order chi connectivity index (χ0) is 37.0. The predicted molar refractivity (Wildman–Crippen MR) is 239 cm³/mol. The van der Waals surface area contributed by atoms with Crippen molar-refractivity contribution in [1.29, 1.82) is 0 Å². The van der Waals surface area contributed by atoms with E-state index < -0.39 is 0 Å². The Kier molecular flexibility index (Phi) is 7.74. The maximum absolute atomic E-state index is 5.15. The molecule has 11 rings (SSSR count). The topological polar surface area (TPSA) is 17.8 Å². The SMILES string of the molecule is C1=CCc2cc(-c3c4ccccc4c(-c4ccc5ccccc5c4)c4cc(-c5ccc(-c6nc7ccccc7n6C6=CCCC=C6)cc5)ccc34)ccc2C=C1. The van der Waals surface area contributed by atoms with Crippen LogP contribution in [0.25, 0.3) is 99.9 Å². The number of rotatable bonds is 5. The number of para-hydroxylation sites is 2. The number of imidazole rings is 1. The highest BCUT2D eigenvalue weighted by atomic mass is 15.1. The quantitative estimate of drug-likeness (QED) is 0.162. The average Bonchev–Trinajstić information content (AvgIpc) is 3.49. The molecule has 0 spiro atoms. The molecule has 2 nitrogen and oxygen atoms in total. The van der Waals surface area contributed by atoms with Gasteiger partial charge >= 0.3 is 0 Å². The van der Waals surface area contributed by atoms with Gasteiger partial charge in [-0.15, -0.1) is 0 Å². The van der Waals surface area contributed by atoms with Crippen molar-refractivity contribution in [2.45, 2.75) is 19.3 Å². The van der Waals surface area contributed by atoms with Crippen molar-refractivity contribution in [3.63, 3.8) is 0 Å². The number of aromatic nitrogens is 2. The lowest BCUT2D eigenvalue weighted by molar-refractivity contribution is 1.01. The largest absolute Gasteiger partial charge is 0.293 e. The molecule has 9 aromatic rings. The third-order valence-electron chi connectivity index (χ3n) is 11.6. The van der Waals surface area contributed by atoms with Gasteiger partial charge in [0.15, 0.2) is 0 Å². The van der Waals surface area contributed by atoms with Crippen molar-refractivity contribution in [3.8, 4) is 44.8 Å². The normalized spacial score (nSPS) is 13.8. The molecule has 2 aliphatic carbocycles. The highest BCUT2D eigenvalue weighted by Crippen LogP contribution is 2.46. The van der Waals surface area contributed by atoms with E-state index in [2.05, 4.69) is 199 Å². The van der Waals surface area contributed by atoms with Gasteiger partial charge in [0.25, 0.3) is 0 Å². The van der Waals surface area contributed by atoms with Crippen LogP contribution < -0.4 is 0 Å². The number of nitrogens with zero attached hydrogens (tertiary/aromatic N) is 2. The van der Waals surface area contributed by atoms with Crippen molar-refractivity contribution in [2.75, 3.05) is 0 Å². The summed E-state index contributed by atoms with van der Waals surface area (Å²) in [5, 5.41) is 7.54. The van der Waals surface area contributed by atoms with Crippen molar-refractivity contribution < 1.29 is 0 Å². The molecule has 2 heteroatoms. The second kappa shape index (κ2) is 13.4. The molecule has 1 heterocycles. The van der Waals surface area contributed by atoms with Crippen LogP contribution in [-0.4, -0.2) is 9.55 Å². The van der Waals surface area contributed by atoms with Gasteiger partial charge in [-0.3, -0.25) is 4.57 Å². The van der Waals surface area contributed by atoms with E-state index in [0.29, 0.717) is 0 Å². The first-order valence-corrected chi connectivity index (χ1v) is 19.7. The Bertz CT molecular complexity index is 3150. The highest BCUT2D eigenvalue weighted by molar-refractivity contribution is 6.22. The monoisotopic (exact) mass is 714 g/mol. The lowest BCUT2D eigenvalue weighted by Gasteiger charge is -2.20. The van der Waals surface area contributed by atoms with E-state index in [-0.39, 0.29) is 0 Å². The van der Waals surface area contributed by atoms with Gasteiger partial charge in [-0.25, -0.2) is 4.98 Å². The van der Waals surface area contributed by atoms with Gasteiger partial charge < -0.3 is 0 Å². The smallest absolute Gasteiger partial charge is 0.145 e. The molecule has 0 aliphatic heterocycles. The van der Waals surface area contributed by atoms with E-state index in [1.54, 1.807) is 0 Å². The summed E-state index contributed by atoms with van der Waals surface area (Å²) in [6, 6.07) is 56.1. The molecule has 0 fully saturated rings. The maximum Gasteiger partial charge on any atom is 0.145 e. The summed E-state index contributed by atoms with van der Waals surface area (Å²) >= 11 is 0. The van der Waals surface area contributed by atoms with Gasteiger partial charge in [-0.05, 0) is 126 Å². The Labute approximate surface area is 326 Å². The number of hydrogen-bond donors (Lipinski definition) is 0. The first-order valence-electron chi connectivity index (χ1n) is 19.7. The first-order chi connectivity index (χ1) is 27.8. The van der Waals surface area contributed by atoms with Gasteiger partial charge in [0.2, 0.25) is 0 Å². The van der Waals surface area contributed by atoms with Crippen LogP contribution in [0.5, 0.6) is 0 Å². The lowest BCUT2D eigenvalue weighted by atomic mass is 9.84. The minimum atomic E-state index is 0.923. The third kappa shape index (κ3) is 5.45. The number of allylic oxidation sites excluding steroid dienone is 7. The first kappa shape index (κ1) is 32.4. The summed E-state index contributed by atoms with van der Waals surface area (Å²) in [6.07, 6.45) is 18.6. The molecule has 0 unspecified atom stereocenters. The molecule has 0 N–H and O–H groups in total. The van der Waals surface area contributed by atoms with Crippen molar-refractivity contribution in [2.24, 2.45) is 0 Å². The molecule has 2 aliphatic rings. The molecular formula is C54H38N2. The number of benzene rings is 8. The zero-order valence-corrected chi connectivity index (χ0v) is 31.0. The van der Waals surface area contributed by atoms with Crippen LogP contribution in [0.4, 0.5) is 0 Å². The van der Waals surface area contributed by atoms with E-state index in [9.17, 15) is 0 Å². The zero-order valence-electron chi connectivity index (χ0n) is 31.0. The molecule has 56 heavy (non-hydrogen) atoms. The molecule has 0 radical (unpaired) electrons. The fraction of sp³-hybridized carbons (Fsp3) is 0.0556. The van der Waals surface area contributed by atoms with Crippen molar-refractivity contribution in [1.82, 2.24) is 9.55 Å². The minimum absolute atomic E-state index is 0.923. The Balaban J connectivity index is 1.11. The van der Waals surface area contributed by atoms with E-state index in [1.165, 1.54) is 82.5 Å². The molecule has 0 bridgehead atoms. The Morgan fingerprint density at radius 1 is 0.464 bits per heavy atom. The summed E-state index contributed by atoms with van der Waals surface area (Å²) in [6.45, 7) is 0. The summed E-state index contributed by atoms with van der Waals surface area (Å²) < 4.78 is 2.31. The summed E-state index contributed by atoms with van der Waals surface area (Å²) in [4.78, 5) is 5.15. The van der Waals surface area contributed by atoms with Crippen LogP contribution in [-0.2, 0) is 6.42 Å². The average molecular weight is 715 g/mol. The molecule has 264 valence electrons. The Morgan fingerprint density at radius 3 is 2.02 bits per heavy atom. The van der Waals surface area contributed by atoms with Gasteiger partial charge in [0, 0.05) is 11.3 Å². The summed E-state index contributed by atoms with van der Waals surface area (Å²) in [7, 11) is 0. The maximum atomic E-state index is 5.15. The Morgan fingerprint density at radius 2 is 1.16 bits per heavy atom. The predicted octanol–water partition coefficient (Wildman–Crippen LogP) is 14.5. The van der Waals surface area contributed by atoms with E-state index in [4.69, 9.17) is 4.98 Å². The van der Waals surface area contributed by atoms with Gasteiger partial charge in [0.05, 0.1) is 11.0 Å². The summed E-state index contributed by atoms with van der Waals surface area (Å²) in [5.74, 6) is 0.968. The van der Waals surface area contributed by atoms with Crippen LogP contribution in [0.1, 0.15) is 24.0 Å². The van der Waals surface area contributed by atoms with Gasteiger partial charge in [-0.2, -0.15) is 0 Å². The Hall–Kier alpha value is -7.03. The van der Waals surface area contributed by atoms with Gasteiger partial charge in [-0.1, -0.05) is 164 Å².